The van der Waals surface area contributed by atoms with Crippen LogP contribution in [0.2, 0.25) is 0 Å². The molecule has 1 heteroatoms. The minimum Gasteiger partial charge on any atom is -0.501 e. The lowest BCUT2D eigenvalue weighted by molar-refractivity contribution is 0.0655. The van der Waals surface area contributed by atoms with Gasteiger partial charge in [-0.25, -0.2) is 0 Å². The van der Waals surface area contributed by atoms with E-state index in [1.54, 1.807) is 11.1 Å². The van der Waals surface area contributed by atoms with E-state index in [9.17, 15) is 0 Å². The van der Waals surface area contributed by atoms with Crippen LogP contribution in [0.1, 0.15) is 58.8 Å². The van der Waals surface area contributed by atoms with Crippen molar-refractivity contribution in [2.24, 2.45) is 23.2 Å². The number of hydrogen-bond acceptors (Lipinski definition) is 1. The summed E-state index contributed by atoms with van der Waals surface area (Å²) in [4.78, 5) is 0. The molecule has 0 bridgehead atoms. The van der Waals surface area contributed by atoms with E-state index in [1.807, 2.05) is 12.7 Å². The third-order valence-corrected chi connectivity index (χ3v) is 7.14. The van der Waals surface area contributed by atoms with Crippen LogP contribution in [0.3, 0.4) is 0 Å². The Morgan fingerprint density at radius 2 is 2.05 bits per heavy atom. The van der Waals surface area contributed by atoms with Crippen molar-refractivity contribution in [1.82, 2.24) is 0 Å². The first-order valence-electron chi connectivity index (χ1n) is 8.77. The van der Waals surface area contributed by atoms with E-state index in [2.05, 4.69) is 26.0 Å². The largest absolute Gasteiger partial charge is 0.501 e. The molecule has 21 heavy (non-hydrogen) atoms. The molecule has 1 fully saturated rings. The Labute approximate surface area is 129 Å². The molecule has 0 aromatic rings. The molecule has 0 amide bonds. The maximum absolute atomic E-state index is 5.52. The quantitative estimate of drug-likeness (QED) is 0.586. The van der Waals surface area contributed by atoms with Crippen LogP contribution in [-0.2, 0) is 4.74 Å². The first-order valence-corrected chi connectivity index (χ1v) is 8.77. The van der Waals surface area contributed by atoms with Gasteiger partial charge in [-0.1, -0.05) is 24.1 Å². The first-order chi connectivity index (χ1) is 10.1. The first kappa shape index (κ1) is 13.7. The van der Waals surface area contributed by atoms with Crippen molar-refractivity contribution in [1.29, 1.82) is 0 Å². The van der Waals surface area contributed by atoms with Crippen molar-refractivity contribution in [2.45, 2.75) is 58.8 Å². The summed E-state index contributed by atoms with van der Waals surface area (Å²) in [7, 11) is 1.82. The van der Waals surface area contributed by atoms with E-state index in [1.165, 1.54) is 44.3 Å². The van der Waals surface area contributed by atoms with E-state index in [0.29, 0.717) is 5.41 Å². The van der Waals surface area contributed by atoms with Gasteiger partial charge in [0.25, 0.3) is 0 Å². The highest BCUT2D eigenvalue weighted by atomic mass is 16.5. The second-order valence-electron chi connectivity index (χ2n) is 7.89. The molecule has 0 saturated heterocycles. The van der Waals surface area contributed by atoms with Gasteiger partial charge in [-0.05, 0) is 80.3 Å². The topological polar surface area (TPSA) is 9.23 Å². The van der Waals surface area contributed by atoms with Gasteiger partial charge < -0.3 is 4.74 Å². The number of methoxy groups -OCH3 is 1. The lowest BCUT2D eigenvalue weighted by Crippen LogP contribution is -2.43. The summed E-state index contributed by atoms with van der Waals surface area (Å²) in [5, 5.41) is 0. The van der Waals surface area contributed by atoms with Gasteiger partial charge in [-0.3, -0.25) is 0 Å². The molecular formula is C20H28O. The second-order valence-corrected chi connectivity index (χ2v) is 7.89. The summed E-state index contributed by atoms with van der Waals surface area (Å²) in [6.45, 7) is 4.92. The minimum absolute atomic E-state index is 0.410. The Kier molecular flexibility index (Phi) is 3.10. The fourth-order valence-corrected chi connectivity index (χ4v) is 5.87. The van der Waals surface area contributed by atoms with Crippen LogP contribution < -0.4 is 0 Å². The predicted octanol–water partition coefficient (Wildman–Crippen LogP) is 5.40. The number of rotatable bonds is 1. The molecule has 4 aliphatic carbocycles. The maximum atomic E-state index is 5.52. The molecule has 0 unspecified atom stereocenters. The van der Waals surface area contributed by atoms with E-state index in [4.69, 9.17) is 4.74 Å². The van der Waals surface area contributed by atoms with Gasteiger partial charge in [0.2, 0.25) is 0 Å². The van der Waals surface area contributed by atoms with Gasteiger partial charge in [0.05, 0.1) is 12.9 Å². The van der Waals surface area contributed by atoms with Crippen LogP contribution in [0, 0.1) is 23.2 Å². The number of ether oxygens (including phenoxy) is 1. The van der Waals surface area contributed by atoms with Gasteiger partial charge in [0.15, 0.2) is 0 Å². The third kappa shape index (κ3) is 1.89. The molecule has 0 heterocycles. The lowest BCUT2D eigenvalue weighted by atomic mass is 9.52. The van der Waals surface area contributed by atoms with Crippen molar-refractivity contribution in [2.75, 3.05) is 7.11 Å². The molecular weight excluding hydrogens is 256 g/mol. The molecule has 0 radical (unpaired) electrons. The molecule has 4 atom stereocenters. The summed E-state index contributed by atoms with van der Waals surface area (Å²) < 4.78 is 5.52. The lowest BCUT2D eigenvalue weighted by Gasteiger charge is -2.52. The molecule has 1 nitrogen and oxygen atoms in total. The van der Waals surface area contributed by atoms with Crippen molar-refractivity contribution >= 4 is 0 Å². The molecule has 1 saturated carbocycles. The van der Waals surface area contributed by atoms with Crippen LogP contribution in [0.25, 0.3) is 0 Å². The smallest absolute Gasteiger partial charge is 0.0958 e. The Morgan fingerprint density at radius 3 is 2.86 bits per heavy atom. The number of allylic oxidation sites excluding steroid dienone is 6. The molecule has 4 aliphatic rings. The van der Waals surface area contributed by atoms with Gasteiger partial charge in [-0.2, -0.15) is 0 Å². The second kappa shape index (κ2) is 4.76. The van der Waals surface area contributed by atoms with Crippen molar-refractivity contribution in [3.05, 3.63) is 34.6 Å². The molecule has 114 valence electrons. The van der Waals surface area contributed by atoms with Crippen molar-refractivity contribution in [3.63, 3.8) is 0 Å². The van der Waals surface area contributed by atoms with Crippen LogP contribution >= 0.6 is 0 Å². The normalized spacial score (nSPS) is 41.8. The summed E-state index contributed by atoms with van der Waals surface area (Å²) in [6, 6.07) is 0. The molecule has 0 N–H and O–H groups in total. The Hall–Kier alpha value is -0.980. The Balaban J connectivity index is 1.70. The zero-order valence-electron chi connectivity index (χ0n) is 13.7. The molecule has 0 aromatic carbocycles. The average Bonchev–Trinajstić information content (AvgIpc) is 2.88. The average molecular weight is 284 g/mol. The zero-order valence-corrected chi connectivity index (χ0v) is 13.7. The number of hydrogen-bond donors (Lipinski definition) is 0. The van der Waals surface area contributed by atoms with Crippen molar-refractivity contribution < 1.29 is 4.74 Å². The van der Waals surface area contributed by atoms with Crippen LogP contribution in [0.15, 0.2) is 34.6 Å². The molecule has 0 aliphatic heterocycles. The standard InChI is InChI=1S/C20H28O/c1-13-4-6-17-16(13)8-9-19-18(17)7-5-14-12-15(21-3)10-11-20(14,19)2/h5,12,17-19H,4,6-11H2,1-3H3/t17-,18+,19+,20+/m1/s1. The van der Waals surface area contributed by atoms with Gasteiger partial charge >= 0.3 is 0 Å². The van der Waals surface area contributed by atoms with Gasteiger partial charge in [-0.15, -0.1) is 0 Å². The van der Waals surface area contributed by atoms with E-state index >= 15 is 0 Å². The van der Waals surface area contributed by atoms with Crippen LogP contribution in [0.5, 0.6) is 0 Å². The highest BCUT2D eigenvalue weighted by molar-refractivity contribution is 5.37. The molecule has 0 aromatic heterocycles. The highest BCUT2D eigenvalue weighted by Gasteiger charge is 2.50. The zero-order chi connectivity index (χ0) is 14.6. The summed E-state index contributed by atoms with van der Waals surface area (Å²) >= 11 is 0. The summed E-state index contributed by atoms with van der Waals surface area (Å²) in [5.41, 5.74) is 5.56. The van der Waals surface area contributed by atoms with E-state index < -0.39 is 0 Å². The predicted molar refractivity (Wildman–Crippen MR) is 86.8 cm³/mol. The molecule has 4 rings (SSSR count). The van der Waals surface area contributed by atoms with Gasteiger partial charge in [0.1, 0.15) is 0 Å². The fourth-order valence-electron chi connectivity index (χ4n) is 5.87. The Bertz CT molecular complexity index is 550. The van der Waals surface area contributed by atoms with Crippen molar-refractivity contribution in [3.8, 4) is 0 Å². The third-order valence-electron chi connectivity index (χ3n) is 7.14. The summed E-state index contributed by atoms with van der Waals surface area (Å²) in [5.74, 6) is 3.90. The van der Waals surface area contributed by atoms with Crippen LogP contribution in [0.4, 0.5) is 0 Å². The molecule has 0 spiro atoms. The van der Waals surface area contributed by atoms with E-state index in [-0.39, 0.29) is 0 Å². The highest BCUT2D eigenvalue weighted by Crippen LogP contribution is 2.60. The fraction of sp³-hybridized carbons (Fsp3) is 0.700. The van der Waals surface area contributed by atoms with Crippen LogP contribution in [-0.4, -0.2) is 7.11 Å². The number of fused-ring (bicyclic) bond motifs is 5. The maximum Gasteiger partial charge on any atom is 0.0958 e. The SMILES string of the molecule is COC1=CC2=CC[C@H]3[C@@H]4CCC(C)=C4CC[C@@H]3[C@@]2(C)CC1. The van der Waals surface area contributed by atoms with E-state index in [0.717, 1.165) is 24.2 Å². The minimum atomic E-state index is 0.410. The van der Waals surface area contributed by atoms with Gasteiger partial charge in [0, 0.05) is 6.42 Å². The summed E-state index contributed by atoms with van der Waals surface area (Å²) in [6.07, 6.45) is 14.2. The monoisotopic (exact) mass is 284 g/mol. The Morgan fingerprint density at radius 1 is 1.19 bits per heavy atom.